The first kappa shape index (κ1) is 16.1. The number of carbonyl (C=O) groups excluding carboxylic acids is 2. The first-order chi connectivity index (χ1) is 11.3. The molecule has 0 spiro atoms. The fourth-order valence-corrected chi connectivity index (χ4v) is 3.57. The number of hydrogen-bond acceptors (Lipinski definition) is 4. The molecular weight excluding hydrogens is 296 g/mol. The lowest BCUT2D eigenvalue weighted by Crippen LogP contribution is -2.51. The number of fused-ring (bicyclic) bond motifs is 1. The Labute approximate surface area is 136 Å². The highest BCUT2D eigenvalue weighted by Crippen LogP contribution is 2.30. The van der Waals surface area contributed by atoms with Crippen molar-refractivity contribution in [2.75, 3.05) is 26.3 Å². The lowest BCUT2D eigenvalue weighted by atomic mass is 9.82. The molecular formula is C17H24N2O4. The quantitative estimate of drug-likeness (QED) is 0.857. The molecule has 1 N–H and O–H groups in total. The summed E-state index contributed by atoms with van der Waals surface area (Å²) in [6.45, 7) is 2.24. The molecule has 1 aliphatic heterocycles. The second-order valence-electron chi connectivity index (χ2n) is 6.19. The molecule has 126 valence electrons. The lowest BCUT2D eigenvalue weighted by molar-refractivity contribution is -0.128. The van der Waals surface area contributed by atoms with Gasteiger partial charge in [0.25, 0.3) is 5.91 Å². The number of carbonyl (C=O) groups is 2. The summed E-state index contributed by atoms with van der Waals surface area (Å²) in [6, 6.07) is 3.34. The molecule has 1 aromatic heterocycles. The average Bonchev–Trinajstić information content (AvgIpc) is 3.10. The number of furan rings is 1. The molecule has 1 aromatic rings. The number of nitrogens with zero attached hydrogens (tertiary/aromatic N) is 1. The van der Waals surface area contributed by atoms with Crippen LogP contribution in [0.2, 0.25) is 0 Å². The molecule has 2 amide bonds. The Hall–Kier alpha value is -1.82. The summed E-state index contributed by atoms with van der Waals surface area (Å²) in [7, 11) is 0. The summed E-state index contributed by atoms with van der Waals surface area (Å²) < 4.78 is 10.8. The molecule has 0 unspecified atom stereocenters. The minimum Gasteiger partial charge on any atom is -0.459 e. The van der Waals surface area contributed by atoms with Crippen LogP contribution in [0.5, 0.6) is 0 Å². The van der Waals surface area contributed by atoms with Crippen LogP contribution in [0, 0.1) is 5.92 Å². The van der Waals surface area contributed by atoms with Crippen molar-refractivity contribution in [1.29, 1.82) is 0 Å². The first-order valence-electron chi connectivity index (χ1n) is 8.47. The van der Waals surface area contributed by atoms with Crippen LogP contribution in [0.1, 0.15) is 42.7 Å². The highest BCUT2D eigenvalue weighted by Gasteiger charge is 2.37. The van der Waals surface area contributed by atoms with E-state index in [-0.39, 0.29) is 23.8 Å². The minimum atomic E-state index is -0.138. The Morgan fingerprint density at radius 3 is 2.91 bits per heavy atom. The normalized spacial score (nSPS) is 26.8. The molecule has 0 aromatic carbocycles. The van der Waals surface area contributed by atoms with Crippen molar-refractivity contribution in [3.8, 4) is 0 Å². The van der Waals surface area contributed by atoms with Gasteiger partial charge in [0.2, 0.25) is 5.91 Å². The van der Waals surface area contributed by atoms with Crippen LogP contribution >= 0.6 is 0 Å². The minimum absolute atomic E-state index is 0.0393. The smallest absolute Gasteiger partial charge is 0.289 e. The molecule has 23 heavy (non-hydrogen) atoms. The Balaban J connectivity index is 1.85. The maximum atomic E-state index is 12.8. The summed E-state index contributed by atoms with van der Waals surface area (Å²) in [6.07, 6.45) is 6.06. The maximum Gasteiger partial charge on any atom is 0.289 e. The van der Waals surface area contributed by atoms with Gasteiger partial charge in [-0.05, 0) is 31.4 Å². The van der Waals surface area contributed by atoms with Crippen LogP contribution in [-0.4, -0.2) is 49.1 Å². The van der Waals surface area contributed by atoms with Gasteiger partial charge in [0.1, 0.15) is 0 Å². The number of hydrogen-bond donors (Lipinski definition) is 1. The van der Waals surface area contributed by atoms with E-state index in [1.54, 1.807) is 12.1 Å². The van der Waals surface area contributed by atoms with E-state index < -0.39 is 0 Å². The Bertz CT molecular complexity index is 529. The fraction of sp³-hybridized carbons (Fsp3) is 0.647. The van der Waals surface area contributed by atoms with Crippen molar-refractivity contribution < 1.29 is 18.7 Å². The largest absolute Gasteiger partial charge is 0.459 e. The average molecular weight is 320 g/mol. The molecule has 3 rings (SSSR count). The summed E-state index contributed by atoms with van der Waals surface area (Å²) >= 11 is 0. The van der Waals surface area contributed by atoms with Crippen molar-refractivity contribution in [2.24, 2.45) is 5.92 Å². The van der Waals surface area contributed by atoms with E-state index >= 15 is 0 Å². The third kappa shape index (κ3) is 3.75. The molecule has 2 heterocycles. The van der Waals surface area contributed by atoms with E-state index in [0.717, 1.165) is 32.1 Å². The standard InChI is InChI=1S/C17H24N2O4/c20-16-13-5-1-2-6-14(13)19(9-4-10-22-12-8-18-16)17(21)15-7-3-11-23-15/h3,7,11,13-14H,1-2,4-6,8-10,12H2,(H,18,20)/t13-,14+/m1/s1. The van der Waals surface area contributed by atoms with Gasteiger partial charge in [0, 0.05) is 25.7 Å². The summed E-state index contributed by atoms with van der Waals surface area (Å²) in [5.41, 5.74) is 0. The summed E-state index contributed by atoms with van der Waals surface area (Å²) in [4.78, 5) is 27.2. The van der Waals surface area contributed by atoms with Crippen molar-refractivity contribution in [3.63, 3.8) is 0 Å². The van der Waals surface area contributed by atoms with Gasteiger partial charge >= 0.3 is 0 Å². The molecule has 2 fully saturated rings. The van der Waals surface area contributed by atoms with E-state index in [1.165, 1.54) is 6.26 Å². The number of amides is 2. The van der Waals surface area contributed by atoms with E-state index in [2.05, 4.69) is 5.32 Å². The zero-order valence-corrected chi connectivity index (χ0v) is 13.3. The van der Waals surface area contributed by atoms with Crippen molar-refractivity contribution in [3.05, 3.63) is 24.2 Å². The number of rotatable bonds is 1. The monoisotopic (exact) mass is 320 g/mol. The van der Waals surface area contributed by atoms with Crippen LogP contribution in [0.15, 0.2) is 22.8 Å². The van der Waals surface area contributed by atoms with Crippen molar-refractivity contribution in [2.45, 2.75) is 38.1 Å². The summed E-state index contributed by atoms with van der Waals surface area (Å²) in [5, 5.41) is 2.95. The van der Waals surface area contributed by atoms with Gasteiger partial charge in [0.15, 0.2) is 5.76 Å². The van der Waals surface area contributed by atoms with E-state index in [4.69, 9.17) is 9.15 Å². The zero-order valence-electron chi connectivity index (χ0n) is 13.3. The molecule has 1 aliphatic carbocycles. The zero-order chi connectivity index (χ0) is 16.1. The second-order valence-corrected chi connectivity index (χ2v) is 6.19. The van der Waals surface area contributed by atoms with Crippen molar-refractivity contribution >= 4 is 11.8 Å². The SMILES string of the molecule is O=C1NCCOCCCN(C(=O)c2ccco2)[C@H]2CCCC[C@@H]12. The van der Waals surface area contributed by atoms with Gasteiger partial charge in [-0.15, -0.1) is 0 Å². The molecule has 1 saturated carbocycles. The van der Waals surface area contributed by atoms with Crippen LogP contribution in [0.25, 0.3) is 0 Å². The summed E-state index contributed by atoms with van der Waals surface area (Å²) in [5.74, 6) is 0.114. The number of ether oxygens (including phenoxy) is 1. The lowest BCUT2D eigenvalue weighted by Gasteiger charge is -2.38. The van der Waals surface area contributed by atoms with Crippen LogP contribution < -0.4 is 5.32 Å². The first-order valence-corrected chi connectivity index (χ1v) is 8.47. The maximum absolute atomic E-state index is 12.8. The third-order valence-electron chi connectivity index (χ3n) is 4.69. The van der Waals surface area contributed by atoms with Gasteiger partial charge < -0.3 is 19.4 Å². The topological polar surface area (TPSA) is 71.8 Å². The molecule has 0 radical (unpaired) electrons. The van der Waals surface area contributed by atoms with Gasteiger partial charge in [-0.1, -0.05) is 12.8 Å². The third-order valence-corrected chi connectivity index (χ3v) is 4.69. The highest BCUT2D eigenvalue weighted by molar-refractivity contribution is 5.92. The molecule has 6 nitrogen and oxygen atoms in total. The fourth-order valence-electron chi connectivity index (χ4n) is 3.57. The molecule has 6 heteroatoms. The highest BCUT2D eigenvalue weighted by atomic mass is 16.5. The molecule has 1 saturated heterocycles. The second kappa shape index (κ2) is 7.64. The van der Waals surface area contributed by atoms with Crippen LogP contribution in [0.4, 0.5) is 0 Å². The molecule has 2 aliphatic rings. The predicted molar refractivity (Wildman–Crippen MR) is 83.9 cm³/mol. The van der Waals surface area contributed by atoms with Gasteiger partial charge in [-0.25, -0.2) is 0 Å². The molecule has 0 bridgehead atoms. The Morgan fingerprint density at radius 2 is 2.09 bits per heavy atom. The van der Waals surface area contributed by atoms with E-state index in [0.29, 0.717) is 32.1 Å². The van der Waals surface area contributed by atoms with Gasteiger partial charge in [-0.2, -0.15) is 0 Å². The Morgan fingerprint density at radius 1 is 1.22 bits per heavy atom. The van der Waals surface area contributed by atoms with Crippen LogP contribution in [0.3, 0.4) is 0 Å². The van der Waals surface area contributed by atoms with Crippen LogP contribution in [-0.2, 0) is 9.53 Å². The van der Waals surface area contributed by atoms with Gasteiger partial charge in [0.05, 0.1) is 18.8 Å². The predicted octanol–water partition coefficient (Wildman–Crippen LogP) is 1.82. The van der Waals surface area contributed by atoms with E-state index in [1.807, 2.05) is 4.90 Å². The van der Waals surface area contributed by atoms with Crippen molar-refractivity contribution in [1.82, 2.24) is 10.2 Å². The van der Waals surface area contributed by atoms with Gasteiger partial charge in [-0.3, -0.25) is 9.59 Å². The number of nitrogens with one attached hydrogen (secondary N) is 1. The molecule has 2 atom stereocenters. The Kier molecular flexibility index (Phi) is 5.33. The van der Waals surface area contributed by atoms with E-state index in [9.17, 15) is 9.59 Å².